The highest BCUT2D eigenvalue weighted by Crippen LogP contribution is 2.47. The van der Waals surface area contributed by atoms with Gasteiger partial charge in [-0.3, -0.25) is 4.79 Å². The molecule has 0 saturated carbocycles. The molecule has 2 radical (unpaired) electrons. The molecular weight excluding hydrogens is 444 g/mol. The maximum Gasteiger partial charge on any atom is 0.323 e. The van der Waals surface area contributed by atoms with Gasteiger partial charge in [-0.2, -0.15) is 0 Å². The monoisotopic (exact) mass is 483 g/mol. The summed E-state index contributed by atoms with van der Waals surface area (Å²) in [7, 11) is 0. The van der Waals surface area contributed by atoms with Crippen LogP contribution >= 0.6 is 0 Å². The largest absolute Gasteiger partial charge is 0.480 e. The zero-order valence-electron chi connectivity index (χ0n) is 23.0. The van der Waals surface area contributed by atoms with E-state index >= 15 is 0 Å². The van der Waals surface area contributed by atoms with Crippen molar-refractivity contribution in [3.05, 3.63) is 75.7 Å². The number of aliphatic carboxylic acids is 1. The van der Waals surface area contributed by atoms with Crippen molar-refractivity contribution in [3.63, 3.8) is 0 Å². The van der Waals surface area contributed by atoms with Crippen LogP contribution in [0.4, 0.5) is 5.69 Å². The summed E-state index contributed by atoms with van der Waals surface area (Å²) in [4.78, 5) is 13.9. The van der Waals surface area contributed by atoms with E-state index in [1.807, 2.05) is 0 Å². The van der Waals surface area contributed by atoms with Crippen molar-refractivity contribution in [1.29, 1.82) is 0 Å². The molecule has 0 amide bonds. The molecule has 3 aliphatic rings. The van der Waals surface area contributed by atoms with Gasteiger partial charge in [-0.1, -0.05) is 20.8 Å². The maximum absolute atomic E-state index is 11.8. The van der Waals surface area contributed by atoms with Crippen molar-refractivity contribution >= 4 is 23.3 Å². The Morgan fingerprint density at radius 1 is 1.11 bits per heavy atom. The lowest BCUT2D eigenvalue weighted by Crippen LogP contribution is -2.51. The molecule has 0 bridgehead atoms. The number of rotatable bonds is 3. The fourth-order valence-corrected chi connectivity index (χ4v) is 7.10. The molecule has 0 fully saturated rings. The number of likely N-dealkylation sites (N-methyl/N-ethyl adjacent to an activating group) is 1. The number of allylic oxidation sites excluding steroid dienone is 1. The first-order valence-corrected chi connectivity index (χ1v) is 13.1. The molecule has 0 spiro atoms. The third-order valence-corrected chi connectivity index (χ3v) is 8.80. The number of hydrogen-bond donors (Lipinski definition) is 1. The van der Waals surface area contributed by atoms with E-state index < -0.39 is 5.97 Å². The van der Waals surface area contributed by atoms with E-state index in [1.54, 1.807) is 0 Å². The standard InChI is InChI=1S/C32H38N2O2/c1-10-33-27-14-25-21(12-23(27)19(2)16-30(33,4)5)11-22-13-24-20(3)17-31(6,7)34(18-29(35)36)28(24)15-26(22)32(25,8)9/h2,11-16,20H,10,17-18H2,1,3-9H3/p+1. The highest BCUT2D eigenvalue weighted by Gasteiger charge is 2.41. The molecule has 0 saturated heterocycles. The minimum absolute atomic E-state index is 0.00585. The second-order valence-electron chi connectivity index (χ2n) is 12.6. The number of fused-ring (bicyclic) bond motifs is 4. The van der Waals surface area contributed by atoms with Gasteiger partial charge in [0, 0.05) is 42.1 Å². The van der Waals surface area contributed by atoms with Gasteiger partial charge in [-0.15, -0.1) is 0 Å². The number of carbonyl (C=O) groups is 1. The molecule has 0 aromatic heterocycles. The van der Waals surface area contributed by atoms with E-state index in [2.05, 4.69) is 101 Å². The van der Waals surface area contributed by atoms with Crippen LogP contribution in [-0.4, -0.2) is 35.2 Å². The van der Waals surface area contributed by atoms with Crippen molar-refractivity contribution in [2.45, 2.75) is 84.2 Å². The minimum Gasteiger partial charge on any atom is -0.480 e. The first-order valence-electron chi connectivity index (χ1n) is 13.1. The van der Waals surface area contributed by atoms with Crippen molar-refractivity contribution in [2.75, 3.05) is 18.0 Å². The van der Waals surface area contributed by atoms with E-state index in [-0.39, 0.29) is 23.0 Å². The number of benzene rings is 2. The molecule has 2 heterocycles. The van der Waals surface area contributed by atoms with E-state index in [9.17, 15) is 9.90 Å². The Bertz CT molecular complexity index is 1460. The second kappa shape index (κ2) is 7.81. The van der Waals surface area contributed by atoms with Gasteiger partial charge in [0.05, 0.1) is 0 Å². The van der Waals surface area contributed by atoms with Crippen LogP contribution in [0.5, 0.6) is 0 Å². The van der Waals surface area contributed by atoms with Crippen LogP contribution in [0.15, 0.2) is 30.3 Å². The first-order chi connectivity index (χ1) is 16.7. The van der Waals surface area contributed by atoms with Crippen LogP contribution in [0.3, 0.4) is 0 Å². The van der Waals surface area contributed by atoms with Crippen LogP contribution in [0, 0.1) is 6.92 Å². The minimum atomic E-state index is -0.794. The highest BCUT2D eigenvalue weighted by molar-refractivity contribution is 5.79. The first kappa shape index (κ1) is 24.8. The van der Waals surface area contributed by atoms with Gasteiger partial charge in [0.15, 0.2) is 5.54 Å². The van der Waals surface area contributed by atoms with Crippen molar-refractivity contribution in [1.82, 2.24) is 4.58 Å². The molecule has 4 nitrogen and oxygen atoms in total. The van der Waals surface area contributed by atoms with E-state index in [4.69, 9.17) is 6.92 Å². The average Bonchev–Trinajstić information content (AvgIpc) is 2.75. The normalized spacial score (nSPS) is 22.5. The van der Waals surface area contributed by atoms with Gasteiger partial charge < -0.3 is 10.0 Å². The van der Waals surface area contributed by atoms with E-state index in [0.29, 0.717) is 5.92 Å². The van der Waals surface area contributed by atoms with Gasteiger partial charge >= 0.3 is 5.97 Å². The third-order valence-electron chi connectivity index (χ3n) is 8.80. The van der Waals surface area contributed by atoms with Gasteiger partial charge in [0.1, 0.15) is 13.1 Å². The Labute approximate surface area is 215 Å². The lowest BCUT2D eigenvalue weighted by atomic mass is 9.69. The summed E-state index contributed by atoms with van der Waals surface area (Å²) in [5.74, 6) is -0.442. The van der Waals surface area contributed by atoms with Crippen LogP contribution in [0.2, 0.25) is 0 Å². The topological polar surface area (TPSA) is 43.5 Å². The average molecular weight is 484 g/mol. The molecule has 5 rings (SSSR count). The van der Waals surface area contributed by atoms with Crippen molar-refractivity contribution in [3.8, 4) is 0 Å². The van der Waals surface area contributed by atoms with Gasteiger partial charge in [-0.05, 0) is 103 Å². The van der Waals surface area contributed by atoms with E-state index in [0.717, 1.165) is 29.8 Å². The van der Waals surface area contributed by atoms with Crippen LogP contribution in [0.1, 0.15) is 95.5 Å². The molecule has 2 aromatic carbocycles. The van der Waals surface area contributed by atoms with E-state index in [1.165, 1.54) is 32.8 Å². The number of carboxylic acids is 1. The second-order valence-corrected chi connectivity index (χ2v) is 12.6. The van der Waals surface area contributed by atoms with Gasteiger partial charge in [0.2, 0.25) is 5.36 Å². The van der Waals surface area contributed by atoms with Crippen molar-refractivity contribution < 1.29 is 9.90 Å². The molecule has 4 heteroatoms. The SMILES string of the molecule is [CH]C1=CC(C)(C)[N+](CC)=c2cc3c(cc21)=Cc1cc2c(cc1C3(C)C)N(CC(=O)O)C(C)(C)CC2C. The Morgan fingerprint density at radius 3 is 2.44 bits per heavy atom. The Balaban J connectivity index is 1.80. The van der Waals surface area contributed by atoms with Crippen LogP contribution in [-0.2, 0) is 10.2 Å². The lowest BCUT2D eigenvalue weighted by Gasteiger charge is -2.48. The summed E-state index contributed by atoms with van der Waals surface area (Å²) in [6.45, 7) is 25.3. The highest BCUT2D eigenvalue weighted by atomic mass is 16.4. The summed E-state index contributed by atoms with van der Waals surface area (Å²) in [5, 5.41) is 12.1. The van der Waals surface area contributed by atoms with Crippen molar-refractivity contribution in [2.24, 2.45) is 0 Å². The number of anilines is 1. The molecule has 1 unspecified atom stereocenters. The molecule has 1 N–H and O–H groups in total. The fraction of sp³-hybridized carbons (Fsp3) is 0.469. The summed E-state index contributed by atoms with van der Waals surface area (Å²) in [5.41, 5.74) is 7.36. The molecular formula is C32H39N2O2+. The quantitative estimate of drug-likeness (QED) is 0.642. The predicted molar refractivity (Wildman–Crippen MR) is 148 cm³/mol. The smallest absolute Gasteiger partial charge is 0.323 e. The summed E-state index contributed by atoms with van der Waals surface area (Å²) < 4.78 is 2.43. The predicted octanol–water partition coefficient (Wildman–Crippen LogP) is 4.73. The number of hydrogen-bond acceptors (Lipinski definition) is 2. The van der Waals surface area contributed by atoms with Gasteiger partial charge in [0.25, 0.3) is 0 Å². The summed E-state index contributed by atoms with van der Waals surface area (Å²) in [6.07, 6.45) is 5.39. The Kier molecular flexibility index (Phi) is 5.38. The molecule has 36 heavy (non-hydrogen) atoms. The Morgan fingerprint density at radius 2 is 1.81 bits per heavy atom. The zero-order valence-corrected chi connectivity index (χ0v) is 23.0. The maximum atomic E-state index is 11.8. The third kappa shape index (κ3) is 3.55. The summed E-state index contributed by atoms with van der Waals surface area (Å²) >= 11 is 0. The van der Waals surface area contributed by atoms with Crippen LogP contribution < -0.4 is 20.1 Å². The number of nitrogens with zero attached hydrogens (tertiary/aromatic N) is 2. The lowest BCUT2D eigenvalue weighted by molar-refractivity contribution is -0.135. The fourth-order valence-electron chi connectivity index (χ4n) is 7.10. The Hall–Kier alpha value is -2.88. The molecule has 1 aliphatic carbocycles. The zero-order chi connectivity index (χ0) is 26.4. The van der Waals surface area contributed by atoms with Gasteiger partial charge in [-0.25, -0.2) is 4.58 Å². The summed E-state index contributed by atoms with van der Waals surface area (Å²) in [6, 6.07) is 9.20. The number of carboxylic acid groups (broad SMARTS) is 1. The molecule has 188 valence electrons. The molecule has 2 aliphatic heterocycles. The van der Waals surface area contributed by atoms with Crippen LogP contribution in [0.25, 0.3) is 11.6 Å². The molecule has 1 atom stereocenters. The molecule has 2 aromatic rings.